The maximum Gasteiger partial charge on any atom is 0.408 e. The number of benzene rings is 1. The fourth-order valence-corrected chi connectivity index (χ4v) is 2.76. The number of hydrogen-bond donors (Lipinski definition) is 2. The van der Waals surface area contributed by atoms with E-state index in [1.54, 1.807) is 0 Å². The third kappa shape index (κ3) is 6.30. The molecule has 1 aromatic heterocycles. The van der Waals surface area contributed by atoms with Crippen molar-refractivity contribution in [3.63, 3.8) is 0 Å². The van der Waals surface area contributed by atoms with Crippen LogP contribution in [0.2, 0.25) is 0 Å². The van der Waals surface area contributed by atoms with Crippen LogP contribution in [0.25, 0.3) is 11.5 Å². The van der Waals surface area contributed by atoms with Crippen molar-refractivity contribution in [2.75, 3.05) is 0 Å². The third-order valence-electron chi connectivity index (χ3n) is 4.75. The van der Waals surface area contributed by atoms with E-state index < -0.39 is 23.7 Å². The van der Waals surface area contributed by atoms with Crippen LogP contribution in [-0.4, -0.2) is 39.0 Å². The molecule has 0 aliphatic heterocycles. The van der Waals surface area contributed by atoms with Gasteiger partial charge in [-0.1, -0.05) is 51.8 Å². The highest BCUT2D eigenvalue weighted by Gasteiger charge is 2.35. The lowest BCUT2D eigenvalue weighted by molar-refractivity contribution is -0.144. The number of aliphatic carboxylic acids is 1. The molecule has 0 saturated carbocycles. The summed E-state index contributed by atoms with van der Waals surface area (Å²) in [4.78, 5) is 24.0. The van der Waals surface area contributed by atoms with E-state index in [4.69, 9.17) is 9.15 Å². The smallest absolute Gasteiger partial charge is 0.408 e. The molecule has 158 valence electrons. The van der Waals surface area contributed by atoms with Gasteiger partial charge in [-0.25, -0.2) is 9.59 Å². The zero-order valence-corrected chi connectivity index (χ0v) is 17.3. The van der Waals surface area contributed by atoms with Gasteiger partial charge in [-0.15, -0.1) is 10.2 Å². The highest BCUT2D eigenvalue weighted by atomic mass is 16.6. The van der Waals surface area contributed by atoms with Crippen molar-refractivity contribution in [3.8, 4) is 11.5 Å². The Morgan fingerprint density at radius 1 is 1.24 bits per heavy atom. The predicted octanol–water partition coefficient (Wildman–Crippen LogP) is 4.06. The van der Waals surface area contributed by atoms with Gasteiger partial charge >= 0.3 is 12.1 Å². The van der Waals surface area contributed by atoms with Crippen molar-refractivity contribution >= 4 is 12.1 Å². The van der Waals surface area contributed by atoms with Crippen LogP contribution in [0.3, 0.4) is 0 Å². The topological polar surface area (TPSA) is 115 Å². The number of carbonyl (C=O) groups is 2. The van der Waals surface area contributed by atoms with Crippen molar-refractivity contribution < 1.29 is 23.8 Å². The SMILES string of the molecule is CCCC[C@](C)(NC(=O)O[C@H](Cc1nnc(-c2ccccc2)o1)C(C)C)C(=O)O. The van der Waals surface area contributed by atoms with E-state index in [9.17, 15) is 14.7 Å². The number of rotatable bonds is 10. The second-order valence-corrected chi connectivity index (χ2v) is 7.62. The minimum absolute atomic E-state index is 0.0282. The molecule has 29 heavy (non-hydrogen) atoms. The number of amides is 1. The van der Waals surface area contributed by atoms with Crippen LogP contribution in [0.15, 0.2) is 34.7 Å². The molecule has 0 spiro atoms. The molecule has 2 aromatic rings. The molecule has 0 radical (unpaired) electrons. The van der Waals surface area contributed by atoms with Gasteiger partial charge in [0.15, 0.2) is 0 Å². The first-order chi connectivity index (χ1) is 13.7. The molecule has 0 unspecified atom stereocenters. The van der Waals surface area contributed by atoms with Gasteiger partial charge in [0.05, 0.1) is 6.42 Å². The lowest BCUT2D eigenvalue weighted by Gasteiger charge is -2.28. The number of hydrogen-bond acceptors (Lipinski definition) is 6. The van der Waals surface area contributed by atoms with E-state index in [0.717, 1.165) is 12.0 Å². The Hall–Kier alpha value is -2.90. The van der Waals surface area contributed by atoms with Gasteiger partial charge in [0.25, 0.3) is 0 Å². The molecule has 1 heterocycles. The Kier molecular flexibility index (Phi) is 7.75. The number of unbranched alkanes of at least 4 members (excludes halogenated alkanes) is 1. The van der Waals surface area contributed by atoms with Crippen LogP contribution >= 0.6 is 0 Å². The summed E-state index contributed by atoms with van der Waals surface area (Å²) >= 11 is 0. The summed E-state index contributed by atoms with van der Waals surface area (Å²) in [5, 5.41) is 20.1. The number of ether oxygens (including phenoxy) is 1. The zero-order valence-electron chi connectivity index (χ0n) is 17.3. The van der Waals surface area contributed by atoms with Gasteiger partial charge in [0.1, 0.15) is 11.6 Å². The third-order valence-corrected chi connectivity index (χ3v) is 4.75. The van der Waals surface area contributed by atoms with Crippen molar-refractivity contribution in [2.24, 2.45) is 5.92 Å². The fraction of sp³-hybridized carbons (Fsp3) is 0.524. The summed E-state index contributed by atoms with van der Waals surface area (Å²) in [7, 11) is 0. The normalized spacial score (nSPS) is 14.2. The molecule has 2 rings (SSSR count). The number of carbonyl (C=O) groups excluding carboxylic acids is 1. The zero-order chi connectivity index (χ0) is 21.4. The molecule has 2 N–H and O–H groups in total. The van der Waals surface area contributed by atoms with E-state index >= 15 is 0 Å². The Labute approximate surface area is 170 Å². The molecule has 2 atom stereocenters. The number of nitrogens with zero attached hydrogens (tertiary/aromatic N) is 2. The molecular weight excluding hydrogens is 374 g/mol. The summed E-state index contributed by atoms with van der Waals surface area (Å²) < 4.78 is 11.2. The minimum Gasteiger partial charge on any atom is -0.480 e. The van der Waals surface area contributed by atoms with Gasteiger partial charge in [0.2, 0.25) is 11.8 Å². The van der Waals surface area contributed by atoms with E-state index in [-0.39, 0.29) is 12.3 Å². The van der Waals surface area contributed by atoms with Crippen LogP contribution in [0.5, 0.6) is 0 Å². The second kappa shape index (κ2) is 10.0. The van der Waals surface area contributed by atoms with E-state index in [2.05, 4.69) is 15.5 Å². The van der Waals surface area contributed by atoms with E-state index in [0.29, 0.717) is 24.6 Å². The summed E-state index contributed by atoms with van der Waals surface area (Å²) in [6, 6.07) is 9.38. The van der Waals surface area contributed by atoms with Crippen LogP contribution in [0, 0.1) is 5.92 Å². The van der Waals surface area contributed by atoms with Gasteiger partial charge in [0, 0.05) is 5.56 Å². The first kappa shape index (κ1) is 22.4. The van der Waals surface area contributed by atoms with Crippen LogP contribution in [0.4, 0.5) is 4.79 Å². The Bertz CT molecular complexity index is 806. The van der Waals surface area contributed by atoms with E-state index in [1.807, 2.05) is 51.1 Å². The van der Waals surface area contributed by atoms with Crippen LogP contribution < -0.4 is 5.32 Å². The minimum atomic E-state index is -1.38. The van der Waals surface area contributed by atoms with Crippen molar-refractivity contribution in [3.05, 3.63) is 36.2 Å². The molecule has 0 bridgehead atoms. The maximum absolute atomic E-state index is 12.4. The Balaban J connectivity index is 2.04. The first-order valence-electron chi connectivity index (χ1n) is 9.85. The number of alkyl carbamates (subject to hydrolysis) is 1. The molecule has 8 heteroatoms. The molecule has 0 aliphatic carbocycles. The summed E-state index contributed by atoms with van der Waals surface area (Å²) in [6.07, 6.45) is 0.764. The monoisotopic (exact) mass is 403 g/mol. The lowest BCUT2D eigenvalue weighted by Crippen LogP contribution is -2.53. The molecule has 0 saturated heterocycles. The van der Waals surface area contributed by atoms with Crippen molar-refractivity contribution in [2.45, 2.75) is 65.0 Å². The number of nitrogens with one attached hydrogen (secondary N) is 1. The Morgan fingerprint density at radius 3 is 2.52 bits per heavy atom. The fourth-order valence-electron chi connectivity index (χ4n) is 2.76. The van der Waals surface area contributed by atoms with Gasteiger partial charge in [-0.2, -0.15) is 0 Å². The average molecular weight is 403 g/mol. The maximum atomic E-state index is 12.4. The summed E-state index contributed by atoms with van der Waals surface area (Å²) in [5.74, 6) is -0.374. The standard InChI is InChI=1S/C21H29N3O5/c1-5-6-12-21(4,19(25)26)22-20(27)28-16(14(2)3)13-17-23-24-18(29-17)15-10-8-7-9-11-15/h7-11,14,16H,5-6,12-13H2,1-4H3,(H,22,27)(H,25,26)/t16-,21+/m1/s1. The largest absolute Gasteiger partial charge is 0.480 e. The summed E-state index contributed by atoms with van der Waals surface area (Å²) in [5.41, 5.74) is -0.571. The van der Waals surface area contributed by atoms with Gasteiger partial charge in [-0.05, 0) is 31.4 Å². The van der Waals surface area contributed by atoms with Gasteiger partial charge in [-0.3, -0.25) is 0 Å². The van der Waals surface area contributed by atoms with Crippen LogP contribution in [0.1, 0.15) is 52.8 Å². The van der Waals surface area contributed by atoms with E-state index in [1.165, 1.54) is 6.92 Å². The molecule has 0 fully saturated rings. The molecule has 0 aliphatic rings. The van der Waals surface area contributed by atoms with Crippen molar-refractivity contribution in [1.82, 2.24) is 15.5 Å². The quantitative estimate of drug-likeness (QED) is 0.614. The molecule has 8 nitrogen and oxygen atoms in total. The van der Waals surface area contributed by atoms with Crippen LogP contribution in [-0.2, 0) is 16.0 Å². The van der Waals surface area contributed by atoms with Crippen molar-refractivity contribution in [1.29, 1.82) is 0 Å². The highest BCUT2D eigenvalue weighted by Crippen LogP contribution is 2.20. The predicted molar refractivity (Wildman–Crippen MR) is 107 cm³/mol. The summed E-state index contributed by atoms with van der Waals surface area (Å²) in [6.45, 7) is 7.25. The number of carboxylic acid groups (broad SMARTS) is 1. The molecule has 1 aromatic carbocycles. The molecular formula is C21H29N3O5. The Morgan fingerprint density at radius 2 is 1.93 bits per heavy atom. The number of carboxylic acids is 1. The van der Waals surface area contributed by atoms with Gasteiger partial charge < -0.3 is 19.6 Å². The highest BCUT2D eigenvalue weighted by molar-refractivity contribution is 5.83. The average Bonchev–Trinajstić information content (AvgIpc) is 3.15. The second-order valence-electron chi connectivity index (χ2n) is 7.62. The number of aromatic nitrogens is 2. The first-order valence-corrected chi connectivity index (χ1v) is 9.85. The molecule has 1 amide bonds. The lowest BCUT2D eigenvalue weighted by atomic mass is 9.95.